The Kier molecular flexibility index (Phi) is 3.80. The van der Waals surface area contributed by atoms with Crippen molar-refractivity contribution in [1.82, 2.24) is 4.57 Å². The van der Waals surface area contributed by atoms with Crippen LogP contribution in [0.5, 0.6) is 0 Å². The third kappa shape index (κ3) is 2.62. The quantitative estimate of drug-likeness (QED) is 0.383. The predicted octanol–water partition coefficient (Wildman–Crippen LogP) is 6.33. The molecule has 2 aromatic carbocycles. The average molecular weight is 379 g/mol. The molecule has 0 aliphatic heterocycles. The lowest BCUT2D eigenvalue weighted by Gasteiger charge is -2.19. The first-order valence-electron chi connectivity index (χ1n) is 9.59. The van der Waals surface area contributed by atoms with E-state index in [2.05, 4.69) is 35.8 Å². The summed E-state index contributed by atoms with van der Waals surface area (Å²) in [6, 6.07) is 14.2. The molecule has 0 fully saturated rings. The number of rotatable bonds is 2. The van der Waals surface area contributed by atoms with E-state index >= 15 is 0 Å². The van der Waals surface area contributed by atoms with Gasteiger partial charge in [-0.1, -0.05) is 55.5 Å². The molecule has 0 N–H and O–H groups in total. The maximum atomic E-state index is 13.6. The number of alkyl halides is 3. The van der Waals surface area contributed by atoms with Crippen LogP contribution in [-0.2, 0) is 25.6 Å². The van der Waals surface area contributed by atoms with Gasteiger partial charge in [0.2, 0.25) is 0 Å². The molecule has 1 aromatic heterocycles. The Bertz CT molecular complexity index is 1100. The zero-order valence-electron chi connectivity index (χ0n) is 15.6. The van der Waals surface area contributed by atoms with Crippen LogP contribution in [0.3, 0.4) is 0 Å². The maximum absolute atomic E-state index is 13.6. The number of fused-ring (bicyclic) bond motifs is 5. The smallest absolute Gasteiger partial charge is 0.336 e. The fraction of sp³-hybridized carbons (Fsp3) is 0.250. The lowest BCUT2D eigenvalue weighted by Crippen LogP contribution is -2.14. The van der Waals surface area contributed by atoms with Gasteiger partial charge in [-0.15, -0.1) is 0 Å². The Morgan fingerprint density at radius 2 is 1.75 bits per heavy atom. The topological polar surface area (TPSA) is 4.93 Å². The first-order chi connectivity index (χ1) is 13.4. The van der Waals surface area contributed by atoms with Crippen molar-refractivity contribution < 1.29 is 13.2 Å². The molecule has 0 spiro atoms. The third-order valence-electron chi connectivity index (χ3n) is 5.92. The highest BCUT2D eigenvalue weighted by molar-refractivity contribution is 5.80. The SMILES string of the molecule is CC1C=Cc2c(c3c(n2Cc2ccccc2C(F)(F)F)-c2ccccc2C3)C1. The van der Waals surface area contributed by atoms with Crippen LogP contribution in [0, 0.1) is 5.92 Å². The third-order valence-corrected chi connectivity index (χ3v) is 5.92. The molecule has 1 heterocycles. The zero-order chi connectivity index (χ0) is 19.5. The molecule has 5 rings (SSSR count). The zero-order valence-corrected chi connectivity index (χ0v) is 15.6. The first-order valence-corrected chi connectivity index (χ1v) is 9.59. The molecule has 1 atom stereocenters. The van der Waals surface area contributed by atoms with E-state index in [1.165, 1.54) is 28.8 Å². The summed E-state index contributed by atoms with van der Waals surface area (Å²) < 4.78 is 42.8. The maximum Gasteiger partial charge on any atom is 0.416 e. The van der Waals surface area contributed by atoms with E-state index in [9.17, 15) is 13.2 Å². The highest BCUT2D eigenvalue weighted by Gasteiger charge is 2.35. The minimum atomic E-state index is -4.35. The molecular weight excluding hydrogens is 359 g/mol. The second kappa shape index (κ2) is 6.13. The van der Waals surface area contributed by atoms with Gasteiger partial charge in [0.05, 0.1) is 11.3 Å². The second-order valence-electron chi connectivity index (χ2n) is 7.81. The summed E-state index contributed by atoms with van der Waals surface area (Å²) in [6.07, 6.45) is 1.71. The highest BCUT2D eigenvalue weighted by Crippen LogP contribution is 2.45. The second-order valence-corrected chi connectivity index (χ2v) is 7.81. The lowest BCUT2D eigenvalue weighted by molar-refractivity contribution is -0.138. The number of hydrogen-bond donors (Lipinski definition) is 0. The molecule has 4 heteroatoms. The van der Waals surface area contributed by atoms with Crippen molar-refractivity contribution in [3.05, 3.63) is 88.1 Å². The van der Waals surface area contributed by atoms with E-state index in [0.29, 0.717) is 11.5 Å². The van der Waals surface area contributed by atoms with Crippen molar-refractivity contribution in [3.63, 3.8) is 0 Å². The van der Waals surface area contributed by atoms with Crippen LogP contribution >= 0.6 is 0 Å². The lowest BCUT2D eigenvalue weighted by atomic mass is 9.92. The minimum absolute atomic E-state index is 0.223. The Morgan fingerprint density at radius 1 is 1.00 bits per heavy atom. The summed E-state index contributed by atoms with van der Waals surface area (Å²) in [7, 11) is 0. The van der Waals surface area contributed by atoms with Gasteiger partial charge in [0, 0.05) is 24.2 Å². The monoisotopic (exact) mass is 379 g/mol. The van der Waals surface area contributed by atoms with Gasteiger partial charge >= 0.3 is 6.18 Å². The van der Waals surface area contributed by atoms with Gasteiger partial charge in [-0.2, -0.15) is 13.2 Å². The summed E-state index contributed by atoms with van der Waals surface area (Å²) in [5.74, 6) is 0.443. The molecule has 28 heavy (non-hydrogen) atoms. The van der Waals surface area contributed by atoms with E-state index in [-0.39, 0.29) is 6.54 Å². The van der Waals surface area contributed by atoms with E-state index in [1.807, 2.05) is 12.1 Å². The van der Waals surface area contributed by atoms with E-state index in [4.69, 9.17) is 0 Å². The van der Waals surface area contributed by atoms with Gasteiger partial charge in [-0.05, 0) is 46.7 Å². The molecule has 1 nitrogen and oxygen atoms in total. The van der Waals surface area contributed by atoms with Crippen LogP contribution in [0.4, 0.5) is 13.2 Å². The fourth-order valence-corrected chi connectivity index (χ4v) is 4.67. The van der Waals surface area contributed by atoms with Crippen molar-refractivity contribution in [3.8, 4) is 11.3 Å². The predicted molar refractivity (Wildman–Crippen MR) is 105 cm³/mol. The summed E-state index contributed by atoms with van der Waals surface area (Å²) in [5, 5.41) is 0. The molecule has 3 aromatic rings. The van der Waals surface area contributed by atoms with Crippen LogP contribution in [0.1, 0.15) is 40.4 Å². The fourth-order valence-electron chi connectivity index (χ4n) is 4.67. The molecule has 0 bridgehead atoms. The van der Waals surface area contributed by atoms with Crippen LogP contribution in [0.15, 0.2) is 54.6 Å². The minimum Gasteiger partial charge on any atom is -0.336 e. The molecule has 0 saturated carbocycles. The van der Waals surface area contributed by atoms with Crippen LogP contribution < -0.4 is 0 Å². The number of nitrogens with zero attached hydrogens (tertiary/aromatic N) is 1. The standard InChI is InChI=1S/C24H20F3N/c1-15-10-11-22-19(12-15)20-13-16-6-2-4-8-18(16)23(20)28(22)14-17-7-3-5-9-21(17)24(25,26)27/h2-11,15H,12-14H2,1H3. The number of hydrogen-bond acceptors (Lipinski definition) is 0. The first kappa shape index (κ1) is 17.4. The molecule has 0 saturated heterocycles. The summed E-state index contributed by atoms with van der Waals surface area (Å²) in [5.41, 5.74) is 6.92. The molecule has 2 aliphatic carbocycles. The van der Waals surface area contributed by atoms with Gasteiger partial charge in [0.1, 0.15) is 0 Å². The van der Waals surface area contributed by atoms with E-state index in [0.717, 1.165) is 29.8 Å². The van der Waals surface area contributed by atoms with Crippen LogP contribution in [-0.4, -0.2) is 4.57 Å². The molecule has 0 amide bonds. The molecule has 1 unspecified atom stereocenters. The van der Waals surface area contributed by atoms with Gasteiger partial charge in [0.25, 0.3) is 0 Å². The number of allylic oxidation sites excluding steroid dienone is 1. The molecular formula is C24H20F3N. The molecule has 0 radical (unpaired) electrons. The van der Waals surface area contributed by atoms with E-state index in [1.54, 1.807) is 12.1 Å². The van der Waals surface area contributed by atoms with Crippen molar-refractivity contribution in [2.24, 2.45) is 5.92 Å². The van der Waals surface area contributed by atoms with E-state index < -0.39 is 11.7 Å². The van der Waals surface area contributed by atoms with Gasteiger partial charge in [-0.3, -0.25) is 0 Å². The number of benzene rings is 2. The number of halogens is 3. The van der Waals surface area contributed by atoms with Crippen LogP contribution in [0.25, 0.3) is 17.3 Å². The summed E-state index contributed by atoms with van der Waals surface area (Å²) >= 11 is 0. The normalized spacial score (nSPS) is 17.4. The van der Waals surface area contributed by atoms with Crippen molar-refractivity contribution in [2.75, 3.05) is 0 Å². The highest BCUT2D eigenvalue weighted by atomic mass is 19.4. The number of aromatic nitrogens is 1. The summed E-state index contributed by atoms with van der Waals surface area (Å²) in [6.45, 7) is 2.41. The average Bonchev–Trinajstić information content (AvgIpc) is 3.17. The largest absolute Gasteiger partial charge is 0.416 e. The van der Waals surface area contributed by atoms with Gasteiger partial charge in [0.15, 0.2) is 0 Å². The molecule has 2 aliphatic rings. The van der Waals surface area contributed by atoms with Crippen molar-refractivity contribution in [2.45, 2.75) is 32.5 Å². The Morgan fingerprint density at radius 3 is 2.57 bits per heavy atom. The van der Waals surface area contributed by atoms with Crippen molar-refractivity contribution in [1.29, 1.82) is 0 Å². The Hall–Kier alpha value is -2.75. The molecule has 142 valence electrons. The van der Waals surface area contributed by atoms with Crippen LogP contribution in [0.2, 0.25) is 0 Å². The summed E-state index contributed by atoms with van der Waals surface area (Å²) in [4.78, 5) is 0. The van der Waals surface area contributed by atoms with Gasteiger partial charge in [-0.25, -0.2) is 0 Å². The Labute approximate surface area is 162 Å². The van der Waals surface area contributed by atoms with Gasteiger partial charge < -0.3 is 4.57 Å². The van der Waals surface area contributed by atoms with Crippen molar-refractivity contribution >= 4 is 6.08 Å². The Balaban J connectivity index is 1.71.